The van der Waals surface area contributed by atoms with Crippen molar-refractivity contribution in [2.24, 2.45) is 0 Å². The zero-order valence-electron chi connectivity index (χ0n) is 19.5. The highest BCUT2D eigenvalue weighted by Gasteiger charge is 2.31. The first kappa shape index (κ1) is 22.1. The summed E-state index contributed by atoms with van der Waals surface area (Å²) in [6, 6.07) is 14.0. The van der Waals surface area contributed by atoms with Crippen LogP contribution >= 0.6 is 0 Å². The number of fused-ring (bicyclic) bond motifs is 1. The summed E-state index contributed by atoms with van der Waals surface area (Å²) in [5, 5.41) is 2.92. The average molecular weight is 459 g/mol. The van der Waals surface area contributed by atoms with Crippen LogP contribution in [0.25, 0.3) is 22.8 Å². The molecule has 0 aliphatic carbocycles. The van der Waals surface area contributed by atoms with Crippen molar-refractivity contribution in [3.63, 3.8) is 0 Å². The summed E-state index contributed by atoms with van der Waals surface area (Å²) in [6.45, 7) is 3.29. The lowest BCUT2D eigenvalue weighted by Gasteiger charge is -2.20. The van der Waals surface area contributed by atoms with Crippen molar-refractivity contribution in [1.82, 2.24) is 14.8 Å². The molecule has 0 bridgehead atoms. The van der Waals surface area contributed by atoms with E-state index in [4.69, 9.17) is 0 Å². The smallest absolute Gasteiger partial charge is 0.256 e. The SMILES string of the molecule is Cc1cc(C(=O)N2CCC(N(C)C)C2)c(C=C2C(=O)Nc3cccc(-c4ccc(F)cc4)c32)[nH]1. The van der Waals surface area contributed by atoms with Gasteiger partial charge in [0.1, 0.15) is 5.82 Å². The fourth-order valence-electron chi connectivity index (χ4n) is 4.82. The number of anilines is 1. The molecule has 0 spiro atoms. The minimum Gasteiger partial charge on any atom is -0.358 e. The molecule has 2 aromatic carbocycles. The molecule has 3 heterocycles. The molecule has 0 saturated carbocycles. The number of amides is 2. The van der Waals surface area contributed by atoms with Gasteiger partial charge in [-0.1, -0.05) is 24.3 Å². The van der Waals surface area contributed by atoms with E-state index in [0.717, 1.165) is 28.8 Å². The molecule has 1 unspecified atom stereocenters. The van der Waals surface area contributed by atoms with Crippen LogP contribution in [0.4, 0.5) is 10.1 Å². The van der Waals surface area contributed by atoms with Crippen LogP contribution in [0.1, 0.15) is 33.7 Å². The van der Waals surface area contributed by atoms with Crippen LogP contribution < -0.4 is 5.32 Å². The number of likely N-dealkylation sites (N-methyl/N-ethyl adjacent to an activating group) is 1. The summed E-state index contributed by atoms with van der Waals surface area (Å²) in [5.41, 5.74) is 5.58. The quantitative estimate of drug-likeness (QED) is 0.570. The number of nitrogens with zero attached hydrogens (tertiary/aromatic N) is 2. The van der Waals surface area contributed by atoms with Crippen molar-refractivity contribution < 1.29 is 14.0 Å². The molecule has 6 nitrogen and oxygen atoms in total. The van der Waals surface area contributed by atoms with Crippen LogP contribution in [-0.4, -0.2) is 59.8 Å². The van der Waals surface area contributed by atoms with E-state index >= 15 is 0 Å². The van der Waals surface area contributed by atoms with Crippen LogP contribution in [0, 0.1) is 12.7 Å². The van der Waals surface area contributed by atoms with E-state index in [0.29, 0.717) is 41.6 Å². The van der Waals surface area contributed by atoms with E-state index in [1.54, 1.807) is 18.2 Å². The zero-order valence-corrected chi connectivity index (χ0v) is 19.5. The highest BCUT2D eigenvalue weighted by Crippen LogP contribution is 2.40. The number of carbonyl (C=O) groups excluding carboxylic acids is 2. The average Bonchev–Trinajstić information content (AvgIpc) is 3.52. The van der Waals surface area contributed by atoms with Gasteiger partial charge in [0.05, 0.1) is 16.8 Å². The highest BCUT2D eigenvalue weighted by atomic mass is 19.1. The molecule has 2 aliphatic heterocycles. The normalized spacial score (nSPS) is 18.6. The van der Waals surface area contributed by atoms with Crippen LogP contribution in [-0.2, 0) is 4.79 Å². The summed E-state index contributed by atoms with van der Waals surface area (Å²) in [5.74, 6) is -0.584. The molecule has 1 fully saturated rings. The van der Waals surface area contributed by atoms with E-state index in [9.17, 15) is 14.0 Å². The molecule has 34 heavy (non-hydrogen) atoms. The van der Waals surface area contributed by atoms with Gasteiger partial charge in [-0.25, -0.2) is 4.39 Å². The van der Waals surface area contributed by atoms with Gasteiger partial charge in [-0.2, -0.15) is 0 Å². The highest BCUT2D eigenvalue weighted by molar-refractivity contribution is 6.36. The number of hydrogen-bond donors (Lipinski definition) is 2. The second kappa shape index (κ2) is 8.57. The summed E-state index contributed by atoms with van der Waals surface area (Å²) in [4.78, 5) is 33.7. The first-order chi connectivity index (χ1) is 16.3. The van der Waals surface area contributed by atoms with Gasteiger partial charge < -0.3 is 20.1 Å². The zero-order chi connectivity index (χ0) is 24.0. The molecule has 2 N–H and O–H groups in total. The number of H-pyrrole nitrogens is 1. The maximum absolute atomic E-state index is 13.5. The van der Waals surface area contributed by atoms with Gasteiger partial charge >= 0.3 is 0 Å². The van der Waals surface area contributed by atoms with Crippen LogP contribution in [0.3, 0.4) is 0 Å². The van der Waals surface area contributed by atoms with Gasteiger partial charge in [0.15, 0.2) is 0 Å². The van der Waals surface area contributed by atoms with E-state index in [1.807, 2.05) is 50.2 Å². The van der Waals surface area contributed by atoms with Crippen LogP contribution in [0.15, 0.2) is 48.5 Å². The van der Waals surface area contributed by atoms with Crippen LogP contribution in [0.5, 0.6) is 0 Å². The maximum atomic E-state index is 13.5. The van der Waals surface area contributed by atoms with Crippen molar-refractivity contribution in [3.8, 4) is 11.1 Å². The number of rotatable bonds is 4. The van der Waals surface area contributed by atoms with Crippen LogP contribution in [0.2, 0.25) is 0 Å². The molecule has 5 rings (SSSR count). The summed E-state index contributed by atoms with van der Waals surface area (Å²) < 4.78 is 13.5. The number of nitrogens with one attached hydrogen (secondary N) is 2. The minimum atomic E-state index is -0.315. The molecule has 1 aromatic heterocycles. The Morgan fingerprint density at radius 3 is 2.65 bits per heavy atom. The molecule has 7 heteroatoms. The van der Waals surface area contributed by atoms with Crippen molar-refractivity contribution in [2.75, 3.05) is 32.5 Å². The van der Waals surface area contributed by atoms with Gasteiger partial charge in [0.25, 0.3) is 11.8 Å². The number of hydrogen-bond acceptors (Lipinski definition) is 3. The molecule has 174 valence electrons. The lowest BCUT2D eigenvalue weighted by atomic mass is 9.94. The van der Waals surface area contributed by atoms with Gasteiger partial charge in [-0.05, 0) is 68.9 Å². The number of likely N-dealkylation sites (tertiary alicyclic amines) is 1. The number of aromatic nitrogens is 1. The Morgan fingerprint density at radius 2 is 1.94 bits per heavy atom. The third-order valence-electron chi connectivity index (χ3n) is 6.66. The summed E-state index contributed by atoms with van der Waals surface area (Å²) in [7, 11) is 4.06. The Morgan fingerprint density at radius 1 is 1.18 bits per heavy atom. The second-order valence-corrected chi connectivity index (χ2v) is 9.18. The standard InChI is InChI=1S/C27H27FN4O2/c1-16-13-21(27(34)32-12-11-19(15-32)31(2)3)24(29-16)14-22-25-20(17-7-9-18(28)10-8-17)5-4-6-23(25)30-26(22)33/h4-10,13-14,19,29H,11-12,15H2,1-3H3,(H,30,33). The first-order valence-corrected chi connectivity index (χ1v) is 11.4. The molecular formula is C27H27FN4O2. The van der Waals surface area contributed by atoms with Gasteiger partial charge in [-0.3, -0.25) is 9.59 Å². The largest absolute Gasteiger partial charge is 0.358 e. The Labute approximate surface area is 198 Å². The Kier molecular flexibility index (Phi) is 5.57. The molecule has 1 saturated heterocycles. The lowest BCUT2D eigenvalue weighted by molar-refractivity contribution is -0.110. The molecule has 3 aromatic rings. The monoisotopic (exact) mass is 458 g/mol. The van der Waals surface area contributed by atoms with Gasteiger partial charge in [-0.15, -0.1) is 0 Å². The number of aryl methyl sites for hydroxylation is 1. The van der Waals surface area contributed by atoms with E-state index in [-0.39, 0.29) is 17.6 Å². The van der Waals surface area contributed by atoms with E-state index in [1.165, 1.54) is 12.1 Å². The predicted molar refractivity (Wildman–Crippen MR) is 132 cm³/mol. The summed E-state index contributed by atoms with van der Waals surface area (Å²) >= 11 is 0. The van der Waals surface area contributed by atoms with E-state index < -0.39 is 0 Å². The van der Waals surface area contributed by atoms with Gasteiger partial charge in [0, 0.05) is 36.1 Å². The number of halogens is 1. The minimum absolute atomic E-state index is 0.0361. The molecule has 2 aliphatic rings. The molecule has 1 atom stereocenters. The van der Waals surface area contributed by atoms with Gasteiger partial charge in [0.2, 0.25) is 0 Å². The van der Waals surface area contributed by atoms with Crippen molar-refractivity contribution >= 4 is 29.2 Å². The number of carbonyl (C=O) groups is 2. The number of aromatic amines is 1. The second-order valence-electron chi connectivity index (χ2n) is 9.18. The lowest BCUT2D eigenvalue weighted by Crippen LogP contribution is -2.34. The Balaban J connectivity index is 1.55. The fourth-order valence-corrected chi connectivity index (χ4v) is 4.82. The molecule has 2 amide bonds. The summed E-state index contributed by atoms with van der Waals surface area (Å²) in [6.07, 6.45) is 2.70. The fraction of sp³-hybridized carbons (Fsp3) is 0.259. The predicted octanol–water partition coefficient (Wildman–Crippen LogP) is 4.40. The molecular weight excluding hydrogens is 431 g/mol. The van der Waals surface area contributed by atoms with Crippen molar-refractivity contribution in [2.45, 2.75) is 19.4 Å². The Hall–Kier alpha value is -3.71. The number of benzene rings is 2. The van der Waals surface area contributed by atoms with E-state index in [2.05, 4.69) is 15.2 Å². The third-order valence-corrected chi connectivity index (χ3v) is 6.66. The first-order valence-electron chi connectivity index (χ1n) is 11.4. The third kappa shape index (κ3) is 3.92. The van der Waals surface area contributed by atoms with Crippen molar-refractivity contribution in [1.29, 1.82) is 0 Å². The maximum Gasteiger partial charge on any atom is 0.256 e. The Bertz CT molecular complexity index is 1310. The van der Waals surface area contributed by atoms with Crippen molar-refractivity contribution in [3.05, 3.63) is 76.9 Å². The topological polar surface area (TPSA) is 68.4 Å². The molecule has 0 radical (unpaired) electrons.